The number of benzene rings is 1. The number of hydrogen-bond donors (Lipinski definition) is 2. The Morgan fingerprint density at radius 2 is 2.10 bits per heavy atom. The van der Waals surface area contributed by atoms with E-state index in [1.807, 2.05) is 18.2 Å². The summed E-state index contributed by atoms with van der Waals surface area (Å²) in [6, 6.07) is 5.56. The van der Waals surface area contributed by atoms with Crippen LogP contribution in [0.2, 0.25) is 0 Å². The maximum absolute atomic E-state index is 12.1. The molecule has 1 aromatic rings. The van der Waals surface area contributed by atoms with Gasteiger partial charge in [0.05, 0.1) is 0 Å². The Hall–Kier alpha value is -0.910. The van der Waals surface area contributed by atoms with Gasteiger partial charge in [0.15, 0.2) is 0 Å². The highest BCUT2D eigenvalue weighted by Gasteiger charge is 2.33. The number of fused-ring (bicyclic) bond motifs is 1. The molecule has 0 spiro atoms. The minimum atomic E-state index is -0.276. The summed E-state index contributed by atoms with van der Waals surface area (Å²) in [5.74, 6) is 0.0209. The predicted octanol–water partition coefficient (Wildman–Crippen LogP) is 2.62. The van der Waals surface area contributed by atoms with Crippen molar-refractivity contribution < 1.29 is 4.79 Å². The van der Waals surface area contributed by atoms with E-state index in [0.29, 0.717) is 0 Å². The number of anilines is 1. The van der Waals surface area contributed by atoms with Crippen LogP contribution in [0.3, 0.4) is 0 Å². The van der Waals surface area contributed by atoms with Crippen molar-refractivity contribution in [3.05, 3.63) is 28.2 Å². The van der Waals surface area contributed by atoms with Crippen LogP contribution in [0.25, 0.3) is 0 Å². The van der Waals surface area contributed by atoms with Crippen LogP contribution >= 0.6 is 15.9 Å². The molecule has 110 valence electrons. The molecule has 1 aromatic carbocycles. The van der Waals surface area contributed by atoms with Gasteiger partial charge in [-0.25, -0.2) is 0 Å². The summed E-state index contributed by atoms with van der Waals surface area (Å²) in [5.41, 5.74) is 2.01. The van der Waals surface area contributed by atoms with Crippen LogP contribution < -0.4 is 10.6 Å². The van der Waals surface area contributed by atoms with Crippen LogP contribution in [0.5, 0.6) is 0 Å². The summed E-state index contributed by atoms with van der Waals surface area (Å²) < 4.78 is 0.969. The Bertz CT molecular complexity index is 514. The fourth-order valence-corrected chi connectivity index (χ4v) is 3.36. The molecular weight excluding hydrogens is 318 g/mol. The highest BCUT2D eigenvalue weighted by Crippen LogP contribution is 2.36. The zero-order valence-corrected chi connectivity index (χ0v) is 14.0. The number of hydrogen-bond acceptors (Lipinski definition) is 3. The second-order valence-electron chi connectivity index (χ2n) is 6.41. The van der Waals surface area contributed by atoms with Crippen LogP contribution in [-0.2, 0) is 4.79 Å². The first-order chi connectivity index (χ1) is 9.30. The van der Waals surface area contributed by atoms with Crippen LogP contribution in [-0.4, -0.2) is 38.0 Å². The Labute approximate surface area is 129 Å². The SMILES string of the molecule is CN(C)CC(C)(C)CNC1C(=O)Nc2cccc(Br)c21. The van der Waals surface area contributed by atoms with Gasteiger partial charge < -0.3 is 15.5 Å². The van der Waals surface area contributed by atoms with Crippen molar-refractivity contribution in [3.63, 3.8) is 0 Å². The van der Waals surface area contributed by atoms with Gasteiger partial charge >= 0.3 is 0 Å². The van der Waals surface area contributed by atoms with Crippen LogP contribution in [0.15, 0.2) is 22.7 Å². The molecule has 2 rings (SSSR count). The standard InChI is InChI=1S/C15H22BrN3O/c1-15(2,9-19(3)4)8-17-13-12-10(16)6-5-7-11(12)18-14(13)20/h5-7,13,17H,8-9H2,1-4H3,(H,18,20). The zero-order valence-electron chi connectivity index (χ0n) is 12.5. The van der Waals surface area contributed by atoms with Gasteiger partial charge in [-0.05, 0) is 31.6 Å². The number of nitrogens with zero attached hydrogens (tertiary/aromatic N) is 1. The number of carbonyl (C=O) groups excluding carboxylic acids is 1. The number of rotatable bonds is 5. The van der Waals surface area contributed by atoms with Crippen LogP contribution in [0.1, 0.15) is 25.5 Å². The van der Waals surface area contributed by atoms with E-state index in [4.69, 9.17) is 0 Å². The molecule has 1 aliphatic heterocycles. The first-order valence-electron chi connectivity index (χ1n) is 6.77. The molecule has 0 saturated heterocycles. The van der Waals surface area contributed by atoms with Crippen molar-refractivity contribution in [2.75, 3.05) is 32.5 Å². The molecule has 0 saturated carbocycles. The van der Waals surface area contributed by atoms with Crippen molar-refractivity contribution in [1.82, 2.24) is 10.2 Å². The van der Waals surface area contributed by atoms with Crippen molar-refractivity contribution in [1.29, 1.82) is 0 Å². The fraction of sp³-hybridized carbons (Fsp3) is 0.533. The van der Waals surface area contributed by atoms with E-state index < -0.39 is 0 Å². The van der Waals surface area contributed by atoms with Crippen molar-refractivity contribution in [2.24, 2.45) is 5.41 Å². The lowest BCUT2D eigenvalue weighted by Gasteiger charge is -2.29. The molecule has 1 atom stereocenters. The summed E-state index contributed by atoms with van der Waals surface area (Å²) in [6.07, 6.45) is 0. The van der Waals surface area contributed by atoms with Crippen LogP contribution in [0, 0.1) is 5.41 Å². The van der Waals surface area contributed by atoms with Gasteiger partial charge in [-0.15, -0.1) is 0 Å². The van der Waals surface area contributed by atoms with E-state index in [1.165, 1.54) is 0 Å². The molecule has 2 N–H and O–H groups in total. The maximum atomic E-state index is 12.1. The molecule has 0 radical (unpaired) electrons. The first-order valence-corrected chi connectivity index (χ1v) is 7.57. The quantitative estimate of drug-likeness (QED) is 0.866. The average Bonchev–Trinajstić information content (AvgIpc) is 2.62. The number of carbonyl (C=O) groups is 1. The van der Waals surface area contributed by atoms with E-state index in [9.17, 15) is 4.79 Å². The van der Waals surface area contributed by atoms with E-state index in [-0.39, 0.29) is 17.4 Å². The van der Waals surface area contributed by atoms with E-state index in [0.717, 1.165) is 28.8 Å². The lowest BCUT2D eigenvalue weighted by atomic mass is 9.92. The number of nitrogens with one attached hydrogen (secondary N) is 2. The number of halogens is 1. The molecule has 1 unspecified atom stereocenters. The normalized spacial score (nSPS) is 18.3. The van der Waals surface area contributed by atoms with E-state index in [1.54, 1.807) is 0 Å². The predicted molar refractivity (Wildman–Crippen MR) is 85.9 cm³/mol. The Kier molecular flexibility index (Phi) is 4.52. The molecule has 4 nitrogen and oxygen atoms in total. The summed E-state index contributed by atoms with van der Waals surface area (Å²) >= 11 is 3.54. The molecule has 0 bridgehead atoms. The summed E-state index contributed by atoms with van der Waals surface area (Å²) in [7, 11) is 4.13. The Balaban J connectivity index is 2.10. The molecule has 20 heavy (non-hydrogen) atoms. The summed E-state index contributed by atoms with van der Waals surface area (Å²) in [5, 5.41) is 6.33. The van der Waals surface area contributed by atoms with Gasteiger partial charge in [-0.3, -0.25) is 4.79 Å². The topological polar surface area (TPSA) is 44.4 Å². The summed E-state index contributed by atoms with van der Waals surface area (Å²) in [6.45, 7) is 6.16. The van der Waals surface area contributed by atoms with Crippen LogP contribution in [0.4, 0.5) is 5.69 Å². The van der Waals surface area contributed by atoms with Crippen molar-refractivity contribution in [2.45, 2.75) is 19.9 Å². The molecule has 0 aliphatic carbocycles. The third-order valence-corrected chi connectivity index (χ3v) is 4.08. The maximum Gasteiger partial charge on any atom is 0.246 e. The molecule has 5 heteroatoms. The molecule has 1 heterocycles. The van der Waals surface area contributed by atoms with Gasteiger partial charge in [-0.1, -0.05) is 35.8 Å². The van der Waals surface area contributed by atoms with E-state index >= 15 is 0 Å². The second kappa shape index (κ2) is 5.84. The van der Waals surface area contributed by atoms with Crippen molar-refractivity contribution >= 4 is 27.5 Å². The smallest absolute Gasteiger partial charge is 0.246 e. The molecule has 0 fully saturated rings. The fourth-order valence-electron chi connectivity index (χ4n) is 2.76. The summed E-state index contributed by atoms with van der Waals surface area (Å²) in [4.78, 5) is 14.3. The Morgan fingerprint density at radius 1 is 1.40 bits per heavy atom. The van der Waals surface area contributed by atoms with E-state index in [2.05, 4.69) is 59.4 Å². The molecule has 1 amide bonds. The van der Waals surface area contributed by atoms with Gasteiger partial charge in [0, 0.05) is 28.8 Å². The molecule has 1 aliphatic rings. The minimum Gasteiger partial charge on any atom is -0.324 e. The average molecular weight is 340 g/mol. The number of amides is 1. The zero-order chi connectivity index (χ0) is 14.9. The van der Waals surface area contributed by atoms with Gasteiger partial charge in [0.1, 0.15) is 6.04 Å². The lowest BCUT2D eigenvalue weighted by molar-refractivity contribution is -0.117. The Morgan fingerprint density at radius 3 is 2.75 bits per heavy atom. The van der Waals surface area contributed by atoms with Crippen molar-refractivity contribution in [3.8, 4) is 0 Å². The minimum absolute atomic E-state index is 0.0209. The highest BCUT2D eigenvalue weighted by molar-refractivity contribution is 9.10. The highest BCUT2D eigenvalue weighted by atomic mass is 79.9. The first kappa shape index (κ1) is 15.5. The third-order valence-electron chi connectivity index (χ3n) is 3.39. The lowest BCUT2D eigenvalue weighted by Crippen LogP contribution is -2.40. The second-order valence-corrected chi connectivity index (χ2v) is 7.26. The van der Waals surface area contributed by atoms with Gasteiger partial charge in [0.25, 0.3) is 0 Å². The monoisotopic (exact) mass is 339 g/mol. The van der Waals surface area contributed by atoms with Gasteiger partial charge in [-0.2, -0.15) is 0 Å². The largest absolute Gasteiger partial charge is 0.324 e. The third kappa shape index (κ3) is 3.40. The van der Waals surface area contributed by atoms with Gasteiger partial charge in [0.2, 0.25) is 5.91 Å². The molecular formula is C15H22BrN3O. The molecule has 0 aromatic heterocycles.